The van der Waals surface area contributed by atoms with E-state index in [4.69, 9.17) is 0 Å². The molecule has 0 aliphatic heterocycles. The molecule has 0 radical (unpaired) electrons. The Labute approximate surface area is 159 Å². The highest BCUT2D eigenvalue weighted by Crippen LogP contribution is 2.05. The van der Waals surface area contributed by atoms with Crippen molar-refractivity contribution in [2.75, 3.05) is 32.4 Å². The summed E-state index contributed by atoms with van der Waals surface area (Å²) < 4.78 is 24.7. The van der Waals surface area contributed by atoms with Gasteiger partial charge in [0.05, 0.1) is 6.26 Å². The van der Waals surface area contributed by atoms with E-state index in [1.807, 2.05) is 19.9 Å². The first-order valence-corrected chi connectivity index (χ1v) is 11.3. The number of nitrogens with zero attached hydrogens (tertiary/aromatic N) is 2. The molecule has 0 aliphatic rings. The van der Waals surface area contributed by atoms with Gasteiger partial charge in [-0.25, -0.2) is 12.7 Å². The summed E-state index contributed by atoms with van der Waals surface area (Å²) in [6.07, 6.45) is 4.00. The lowest BCUT2D eigenvalue weighted by molar-refractivity contribution is 0.427. The van der Waals surface area contributed by atoms with Gasteiger partial charge in [-0.2, -0.15) is 0 Å². The number of rotatable bonds is 11. The molecule has 1 rings (SSSR count). The van der Waals surface area contributed by atoms with Crippen molar-refractivity contribution in [2.24, 2.45) is 4.99 Å². The summed E-state index contributed by atoms with van der Waals surface area (Å²) >= 11 is 0. The second-order valence-corrected chi connectivity index (χ2v) is 8.42. The predicted octanol–water partition coefficient (Wildman–Crippen LogP) is 2.23. The molecular weight excluding hydrogens is 348 g/mol. The molecule has 7 heteroatoms. The van der Waals surface area contributed by atoms with Crippen molar-refractivity contribution in [1.29, 1.82) is 0 Å². The van der Waals surface area contributed by atoms with Gasteiger partial charge >= 0.3 is 0 Å². The number of aliphatic imine (C=N–C) groups is 1. The molecule has 1 aromatic carbocycles. The zero-order valence-corrected chi connectivity index (χ0v) is 17.3. The second kappa shape index (κ2) is 11.9. The summed E-state index contributed by atoms with van der Waals surface area (Å²) in [6, 6.07) is 10.8. The van der Waals surface area contributed by atoms with Crippen molar-refractivity contribution in [3.8, 4) is 0 Å². The van der Waals surface area contributed by atoms with Crippen molar-refractivity contribution in [1.82, 2.24) is 14.9 Å². The fourth-order valence-corrected chi connectivity index (χ4v) is 3.58. The van der Waals surface area contributed by atoms with E-state index in [9.17, 15) is 8.42 Å². The molecule has 0 saturated heterocycles. The number of nitrogens with one attached hydrogen (secondary N) is 2. The molecule has 0 saturated carbocycles. The van der Waals surface area contributed by atoms with Gasteiger partial charge in [0.25, 0.3) is 0 Å². The molecular formula is C19H34N4O2S. The molecule has 0 heterocycles. The van der Waals surface area contributed by atoms with Gasteiger partial charge in [-0.15, -0.1) is 0 Å². The first-order valence-electron chi connectivity index (χ1n) is 9.40. The minimum atomic E-state index is -3.13. The molecule has 0 aromatic heterocycles. The Bertz CT molecular complexity index is 632. The molecule has 0 amide bonds. The highest BCUT2D eigenvalue weighted by atomic mass is 32.2. The van der Waals surface area contributed by atoms with E-state index >= 15 is 0 Å². The van der Waals surface area contributed by atoms with Gasteiger partial charge in [0.2, 0.25) is 10.0 Å². The summed E-state index contributed by atoms with van der Waals surface area (Å²) in [5, 5.41) is 6.68. The Morgan fingerprint density at radius 2 is 1.92 bits per heavy atom. The molecule has 26 heavy (non-hydrogen) atoms. The average Bonchev–Trinajstić information content (AvgIpc) is 2.60. The molecule has 1 unspecified atom stereocenters. The summed E-state index contributed by atoms with van der Waals surface area (Å²) in [6.45, 7) is 8.42. The standard InChI is InChI=1S/C19H34N4O2S/c1-5-20-19(21-15-10-16-23(6-2)26(4,24)25)22-17(3)13-14-18-11-8-7-9-12-18/h7-9,11-12,17H,5-6,10,13-16H2,1-4H3,(H2,20,21,22). The largest absolute Gasteiger partial charge is 0.357 e. The van der Waals surface area contributed by atoms with E-state index in [0.717, 1.165) is 25.3 Å². The Kier molecular flexibility index (Phi) is 10.3. The number of hydrogen-bond donors (Lipinski definition) is 2. The highest BCUT2D eigenvalue weighted by Gasteiger charge is 2.13. The third kappa shape index (κ3) is 9.20. The average molecular weight is 383 g/mol. The highest BCUT2D eigenvalue weighted by molar-refractivity contribution is 7.88. The smallest absolute Gasteiger partial charge is 0.211 e. The molecule has 0 aliphatic carbocycles. The van der Waals surface area contributed by atoms with Crippen molar-refractivity contribution in [2.45, 2.75) is 46.1 Å². The van der Waals surface area contributed by atoms with Crippen molar-refractivity contribution >= 4 is 16.0 Å². The molecule has 0 fully saturated rings. The third-order valence-corrected chi connectivity index (χ3v) is 5.47. The predicted molar refractivity (Wildman–Crippen MR) is 110 cm³/mol. The van der Waals surface area contributed by atoms with Gasteiger partial charge < -0.3 is 10.6 Å². The Balaban J connectivity index is 2.44. The maximum atomic E-state index is 11.6. The first-order chi connectivity index (χ1) is 12.4. The number of hydrogen-bond acceptors (Lipinski definition) is 3. The Morgan fingerprint density at radius 1 is 1.23 bits per heavy atom. The van der Waals surface area contributed by atoms with E-state index < -0.39 is 10.0 Å². The normalized spacial score (nSPS) is 13.7. The first kappa shape index (κ1) is 22.4. The van der Waals surface area contributed by atoms with Crippen LogP contribution in [-0.2, 0) is 16.4 Å². The Hall–Kier alpha value is -1.60. The summed E-state index contributed by atoms with van der Waals surface area (Å²) in [5.74, 6) is 0.787. The minimum absolute atomic E-state index is 0.302. The molecule has 0 spiro atoms. The van der Waals surface area contributed by atoms with Crippen LogP contribution in [0, 0.1) is 0 Å². The SMILES string of the molecule is CCNC(=NCCCN(CC)S(C)(=O)=O)NC(C)CCc1ccccc1. The van der Waals surface area contributed by atoms with E-state index in [1.165, 1.54) is 16.1 Å². The van der Waals surface area contributed by atoms with Gasteiger partial charge in [0, 0.05) is 32.2 Å². The molecule has 2 N–H and O–H groups in total. The van der Waals surface area contributed by atoms with Gasteiger partial charge in [-0.05, 0) is 38.7 Å². The van der Waals surface area contributed by atoms with Crippen LogP contribution < -0.4 is 10.6 Å². The number of benzene rings is 1. The van der Waals surface area contributed by atoms with Crippen LogP contribution in [0.4, 0.5) is 0 Å². The maximum Gasteiger partial charge on any atom is 0.211 e. The van der Waals surface area contributed by atoms with Crippen LogP contribution in [-0.4, -0.2) is 57.2 Å². The van der Waals surface area contributed by atoms with Gasteiger partial charge in [-0.1, -0.05) is 37.3 Å². The van der Waals surface area contributed by atoms with E-state index in [2.05, 4.69) is 46.8 Å². The summed E-state index contributed by atoms with van der Waals surface area (Å²) in [5.41, 5.74) is 1.34. The molecule has 1 aromatic rings. The zero-order chi connectivity index (χ0) is 19.4. The van der Waals surface area contributed by atoms with Crippen LogP contribution in [0.2, 0.25) is 0 Å². The number of guanidine groups is 1. The number of sulfonamides is 1. The molecule has 0 bridgehead atoms. The summed E-state index contributed by atoms with van der Waals surface area (Å²) in [7, 11) is -3.13. The lowest BCUT2D eigenvalue weighted by Gasteiger charge is -2.19. The van der Waals surface area contributed by atoms with Gasteiger partial charge in [0.1, 0.15) is 0 Å². The monoisotopic (exact) mass is 382 g/mol. The Morgan fingerprint density at radius 3 is 2.50 bits per heavy atom. The van der Waals surface area contributed by atoms with Gasteiger partial charge in [0.15, 0.2) is 5.96 Å². The van der Waals surface area contributed by atoms with Crippen LogP contribution in [0.3, 0.4) is 0 Å². The van der Waals surface area contributed by atoms with E-state index in [0.29, 0.717) is 32.1 Å². The fraction of sp³-hybridized carbons (Fsp3) is 0.632. The minimum Gasteiger partial charge on any atom is -0.357 e. The maximum absolute atomic E-state index is 11.6. The van der Waals surface area contributed by atoms with Crippen LogP contribution in [0.25, 0.3) is 0 Å². The van der Waals surface area contributed by atoms with Gasteiger partial charge in [-0.3, -0.25) is 4.99 Å². The van der Waals surface area contributed by atoms with E-state index in [-0.39, 0.29) is 0 Å². The van der Waals surface area contributed by atoms with Crippen LogP contribution in [0.1, 0.15) is 39.2 Å². The van der Waals surface area contributed by atoms with E-state index in [1.54, 1.807) is 0 Å². The number of aryl methyl sites for hydroxylation is 1. The fourth-order valence-electron chi connectivity index (χ4n) is 2.65. The molecule has 1 atom stereocenters. The van der Waals surface area contributed by atoms with Crippen LogP contribution >= 0.6 is 0 Å². The summed E-state index contributed by atoms with van der Waals surface area (Å²) in [4.78, 5) is 4.57. The quantitative estimate of drug-likeness (QED) is 0.350. The van der Waals surface area contributed by atoms with Crippen LogP contribution in [0.15, 0.2) is 35.3 Å². The van der Waals surface area contributed by atoms with Crippen LogP contribution in [0.5, 0.6) is 0 Å². The van der Waals surface area contributed by atoms with Crippen molar-refractivity contribution in [3.05, 3.63) is 35.9 Å². The van der Waals surface area contributed by atoms with Crippen molar-refractivity contribution in [3.63, 3.8) is 0 Å². The van der Waals surface area contributed by atoms with Crippen molar-refractivity contribution < 1.29 is 8.42 Å². The lowest BCUT2D eigenvalue weighted by Crippen LogP contribution is -2.42. The molecule has 148 valence electrons. The molecule has 6 nitrogen and oxygen atoms in total. The zero-order valence-electron chi connectivity index (χ0n) is 16.5. The lowest BCUT2D eigenvalue weighted by atomic mass is 10.1. The topological polar surface area (TPSA) is 73.8 Å². The second-order valence-electron chi connectivity index (χ2n) is 6.44. The third-order valence-electron chi connectivity index (χ3n) is 4.09.